The molecule has 0 amide bonds. The molecule has 3 rings (SSSR count). The molecule has 0 aromatic carbocycles. The maximum atomic E-state index is 10.6. The van der Waals surface area contributed by atoms with Crippen LogP contribution in [-0.4, -0.2) is 100 Å². The number of hydrogen-bond acceptors (Lipinski definition) is 6. The number of carboxylic acids is 2. The fourth-order valence-electron chi connectivity index (χ4n) is 3.87. The van der Waals surface area contributed by atoms with E-state index in [1.54, 1.807) is 0 Å². The third-order valence-electron chi connectivity index (χ3n) is 5.51. The molecule has 1 aromatic heterocycles. The second kappa shape index (κ2) is 14.4. The Labute approximate surface area is 204 Å². The molecule has 1 saturated heterocycles. The predicted molar refractivity (Wildman–Crippen MR) is 115 cm³/mol. The van der Waals surface area contributed by atoms with Gasteiger partial charge < -0.3 is 19.8 Å². The number of likely N-dealkylation sites (tertiary alicyclic amines) is 1. The molecule has 0 aliphatic carbocycles. The summed E-state index contributed by atoms with van der Waals surface area (Å²) in [7, 11) is 2.06. The molecule has 1 atom stereocenters. The molecule has 2 aliphatic heterocycles. The molecule has 2 N–H and O–H groups in total. The van der Waals surface area contributed by atoms with E-state index < -0.39 is 24.3 Å². The van der Waals surface area contributed by atoms with Gasteiger partial charge in [0.2, 0.25) is 0 Å². The zero-order valence-corrected chi connectivity index (χ0v) is 20.1. The van der Waals surface area contributed by atoms with Crippen molar-refractivity contribution in [3.8, 4) is 0 Å². The summed E-state index contributed by atoms with van der Waals surface area (Å²) in [5.74, 6) is -5.06. The first-order valence-electron chi connectivity index (χ1n) is 11.3. The first kappa shape index (κ1) is 31.6. The van der Waals surface area contributed by atoms with Gasteiger partial charge in [-0.25, -0.2) is 9.59 Å². The molecule has 2 aliphatic rings. The Bertz CT molecular complexity index is 801. The lowest BCUT2D eigenvalue weighted by atomic mass is 9.97. The van der Waals surface area contributed by atoms with Gasteiger partial charge in [0.1, 0.15) is 0 Å². The highest BCUT2D eigenvalue weighted by Crippen LogP contribution is 2.28. The number of carbonyl (C=O) groups is 2. The summed E-state index contributed by atoms with van der Waals surface area (Å²) in [6, 6.07) is 0. The average molecular weight is 534 g/mol. The van der Waals surface area contributed by atoms with E-state index in [1.807, 2.05) is 10.9 Å². The van der Waals surface area contributed by atoms with Crippen molar-refractivity contribution >= 4 is 11.9 Å². The van der Waals surface area contributed by atoms with E-state index in [2.05, 4.69) is 28.9 Å². The van der Waals surface area contributed by atoms with Gasteiger partial charge in [0.15, 0.2) is 0 Å². The van der Waals surface area contributed by atoms with E-state index in [0.29, 0.717) is 5.92 Å². The minimum Gasteiger partial charge on any atom is -0.475 e. The van der Waals surface area contributed by atoms with Gasteiger partial charge in [-0.3, -0.25) is 9.58 Å². The Kier molecular flexibility index (Phi) is 12.6. The fraction of sp³-hybridized carbons (Fsp3) is 0.762. The van der Waals surface area contributed by atoms with Crippen LogP contribution in [0.1, 0.15) is 43.4 Å². The molecule has 0 spiro atoms. The van der Waals surface area contributed by atoms with Crippen LogP contribution in [0.3, 0.4) is 0 Å². The Morgan fingerprint density at radius 1 is 1.00 bits per heavy atom. The fourth-order valence-corrected chi connectivity index (χ4v) is 3.87. The van der Waals surface area contributed by atoms with E-state index in [0.717, 1.165) is 32.8 Å². The van der Waals surface area contributed by atoms with Gasteiger partial charge in [0, 0.05) is 57.0 Å². The van der Waals surface area contributed by atoms with E-state index in [9.17, 15) is 26.3 Å². The largest absolute Gasteiger partial charge is 0.490 e. The quantitative estimate of drug-likeness (QED) is 0.537. The van der Waals surface area contributed by atoms with Crippen LogP contribution in [0.2, 0.25) is 0 Å². The highest BCUT2D eigenvalue weighted by Gasteiger charge is 2.39. The molecule has 0 bridgehead atoms. The molecule has 15 heteroatoms. The van der Waals surface area contributed by atoms with Crippen molar-refractivity contribution < 1.29 is 50.9 Å². The monoisotopic (exact) mass is 534 g/mol. The summed E-state index contributed by atoms with van der Waals surface area (Å²) in [5, 5.41) is 18.7. The van der Waals surface area contributed by atoms with Crippen LogP contribution in [0.4, 0.5) is 26.3 Å². The second-order valence-corrected chi connectivity index (χ2v) is 8.28. The van der Waals surface area contributed by atoms with E-state index in [-0.39, 0.29) is 0 Å². The Balaban J connectivity index is 0.000000383. The molecule has 0 radical (unpaired) electrons. The molecule has 1 fully saturated rings. The van der Waals surface area contributed by atoms with Crippen molar-refractivity contribution in [1.82, 2.24) is 19.6 Å². The molecule has 0 saturated carbocycles. The zero-order chi connectivity index (χ0) is 27.5. The molecule has 1 aromatic rings. The van der Waals surface area contributed by atoms with E-state index in [4.69, 9.17) is 24.5 Å². The Morgan fingerprint density at radius 3 is 1.97 bits per heavy atom. The first-order chi connectivity index (χ1) is 16.7. The number of ether oxygens (including phenoxy) is 1. The normalized spacial score (nSPS) is 18.8. The molecule has 36 heavy (non-hydrogen) atoms. The second-order valence-electron chi connectivity index (χ2n) is 8.28. The van der Waals surface area contributed by atoms with Crippen LogP contribution < -0.4 is 0 Å². The summed E-state index contributed by atoms with van der Waals surface area (Å²) in [6.45, 7) is 10.7. The van der Waals surface area contributed by atoms with Crippen molar-refractivity contribution in [3.05, 3.63) is 17.5 Å². The van der Waals surface area contributed by atoms with Crippen LogP contribution >= 0.6 is 0 Å². The molecular formula is C21H32F6N4O5. The van der Waals surface area contributed by atoms with Gasteiger partial charge in [-0.1, -0.05) is 6.42 Å². The van der Waals surface area contributed by atoms with Crippen molar-refractivity contribution in [3.63, 3.8) is 0 Å². The highest BCUT2D eigenvalue weighted by atomic mass is 19.4. The average Bonchev–Trinajstić information content (AvgIpc) is 3.17. The molecular weight excluding hydrogens is 502 g/mol. The number of carboxylic acid groups (broad SMARTS) is 2. The first-order valence-corrected chi connectivity index (χ1v) is 11.3. The van der Waals surface area contributed by atoms with Gasteiger partial charge in [-0.05, 0) is 32.9 Å². The van der Waals surface area contributed by atoms with Gasteiger partial charge in [-0.2, -0.15) is 31.4 Å². The summed E-state index contributed by atoms with van der Waals surface area (Å²) >= 11 is 0. The summed E-state index contributed by atoms with van der Waals surface area (Å²) in [4.78, 5) is 23.0. The lowest BCUT2D eigenvalue weighted by Crippen LogP contribution is -2.42. The van der Waals surface area contributed by atoms with Crippen LogP contribution in [0.25, 0.3) is 0 Å². The minimum atomic E-state index is -5.08. The zero-order valence-electron chi connectivity index (χ0n) is 20.1. The predicted octanol–water partition coefficient (Wildman–Crippen LogP) is 3.11. The SMILES string of the molecule is CCOCC1CN(CCN2CCCCC2)Cc2cnn(C)c21.O=C(O)C(F)(F)F.O=C(O)C(F)(F)F. The number of halogens is 6. The van der Waals surface area contributed by atoms with Crippen molar-refractivity contribution in [1.29, 1.82) is 0 Å². The lowest BCUT2D eigenvalue weighted by molar-refractivity contribution is -0.193. The van der Waals surface area contributed by atoms with Gasteiger partial charge >= 0.3 is 24.3 Å². The van der Waals surface area contributed by atoms with Crippen LogP contribution in [0.15, 0.2) is 6.20 Å². The summed E-state index contributed by atoms with van der Waals surface area (Å²) in [6.07, 6.45) is -3.96. The van der Waals surface area contributed by atoms with Gasteiger partial charge in [-0.15, -0.1) is 0 Å². The number of aryl methyl sites for hydroxylation is 1. The third-order valence-corrected chi connectivity index (χ3v) is 5.51. The van der Waals surface area contributed by atoms with Crippen LogP contribution in [-0.2, 0) is 27.9 Å². The van der Waals surface area contributed by atoms with Crippen LogP contribution in [0, 0.1) is 0 Å². The summed E-state index contributed by atoms with van der Waals surface area (Å²) in [5.41, 5.74) is 2.76. The molecule has 9 nitrogen and oxygen atoms in total. The van der Waals surface area contributed by atoms with Gasteiger partial charge in [0.05, 0.1) is 12.8 Å². The number of fused-ring (bicyclic) bond motifs is 1. The third kappa shape index (κ3) is 11.1. The molecule has 1 unspecified atom stereocenters. The number of aromatic nitrogens is 2. The van der Waals surface area contributed by atoms with E-state index >= 15 is 0 Å². The van der Waals surface area contributed by atoms with Crippen molar-refractivity contribution in [2.24, 2.45) is 7.05 Å². The maximum Gasteiger partial charge on any atom is 0.490 e. The topological polar surface area (TPSA) is 108 Å². The number of alkyl halides is 6. The number of rotatable bonds is 6. The minimum absolute atomic E-state index is 0.456. The van der Waals surface area contributed by atoms with Gasteiger partial charge in [0.25, 0.3) is 0 Å². The molecule has 3 heterocycles. The Hall–Kier alpha value is -2.39. The molecule has 208 valence electrons. The Morgan fingerprint density at radius 2 is 1.50 bits per heavy atom. The van der Waals surface area contributed by atoms with E-state index in [1.165, 1.54) is 50.2 Å². The number of hydrogen-bond donors (Lipinski definition) is 2. The summed E-state index contributed by atoms with van der Waals surface area (Å²) < 4.78 is 71.2. The standard InChI is InChI=1S/C17H30N4O.2C2HF3O2/c1-3-22-14-16-13-21(10-9-20-7-5-4-6-8-20)12-15-11-18-19(2)17(15)16;2*3-2(4,5)1(6)7/h11,16H,3-10,12-14H2,1-2H3;2*(H,6,7). The maximum absolute atomic E-state index is 10.6. The highest BCUT2D eigenvalue weighted by molar-refractivity contribution is 5.73. The smallest absolute Gasteiger partial charge is 0.475 e. The van der Waals surface area contributed by atoms with Crippen molar-refractivity contribution in [2.45, 2.75) is 51.0 Å². The van der Waals surface area contributed by atoms with Crippen LogP contribution in [0.5, 0.6) is 0 Å². The van der Waals surface area contributed by atoms with Crippen molar-refractivity contribution in [2.75, 3.05) is 45.9 Å². The number of aliphatic carboxylic acids is 2. The number of nitrogens with zero attached hydrogens (tertiary/aromatic N) is 4. The lowest BCUT2D eigenvalue weighted by Gasteiger charge is -2.35. The number of piperidine rings is 1.